The first kappa shape index (κ1) is 26.7. The number of esters is 1. The SMILES string of the molecule is CC(=O)c1cn(CC(=O)OC(C)(C)C)c2cc(NC(=O)OCc3ccccc3)c(NS(C)(=O)=O)cc12. The van der Waals surface area contributed by atoms with E-state index in [1.54, 1.807) is 32.9 Å². The molecule has 0 aliphatic carbocycles. The zero-order valence-corrected chi connectivity index (χ0v) is 21.6. The topological polar surface area (TPSA) is 133 Å². The molecule has 10 nitrogen and oxygen atoms in total. The van der Waals surface area contributed by atoms with E-state index in [1.165, 1.54) is 29.8 Å². The maximum Gasteiger partial charge on any atom is 0.412 e. The summed E-state index contributed by atoms with van der Waals surface area (Å²) in [6.45, 7) is 6.40. The van der Waals surface area contributed by atoms with Gasteiger partial charge >= 0.3 is 12.1 Å². The molecule has 1 amide bonds. The minimum Gasteiger partial charge on any atom is -0.459 e. The Kier molecular flexibility index (Phi) is 7.73. The predicted octanol–water partition coefficient (Wildman–Crippen LogP) is 4.31. The van der Waals surface area contributed by atoms with Crippen molar-refractivity contribution in [2.45, 2.75) is 46.4 Å². The molecule has 3 rings (SSSR count). The standard InChI is InChI=1S/C25H29N3O7S/c1-16(29)19-13-28(14-23(30)35-25(2,3)4)22-12-20(21(11-18(19)22)27-36(5,32)33)26-24(31)34-15-17-9-7-6-8-10-17/h6-13,27H,14-15H2,1-5H3,(H,26,31). The molecule has 2 N–H and O–H groups in total. The molecule has 192 valence electrons. The van der Waals surface area contributed by atoms with Crippen LogP contribution in [0.15, 0.2) is 48.7 Å². The normalized spacial score (nSPS) is 11.7. The minimum absolute atomic E-state index is 0.00720. The van der Waals surface area contributed by atoms with Gasteiger partial charge in [0.25, 0.3) is 0 Å². The molecule has 1 heterocycles. The fourth-order valence-electron chi connectivity index (χ4n) is 3.52. The molecule has 0 spiro atoms. The van der Waals surface area contributed by atoms with Crippen molar-refractivity contribution in [3.05, 3.63) is 59.8 Å². The van der Waals surface area contributed by atoms with Gasteiger partial charge in [0, 0.05) is 17.1 Å². The first-order valence-corrected chi connectivity index (χ1v) is 13.0. The molecule has 3 aromatic rings. The summed E-state index contributed by atoms with van der Waals surface area (Å²) >= 11 is 0. The number of Topliss-reactive ketones (excluding diaryl/α,β-unsaturated/α-hetero) is 1. The Labute approximate surface area is 209 Å². The first-order valence-electron chi connectivity index (χ1n) is 11.1. The molecular weight excluding hydrogens is 486 g/mol. The maximum atomic E-state index is 12.5. The van der Waals surface area contributed by atoms with Crippen molar-refractivity contribution in [2.75, 3.05) is 16.3 Å². The molecule has 0 aliphatic rings. The van der Waals surface area contributed by atoms with Crippen LogP contribution in [-0.4, -0.2) is 42.7 Å². The lowest BCUT2D eigenvalue weighted by Crippen LogP contribution is -2.26. The van der Waals surface area contributed by atoms with Crippen molar-refractivity contribution in [3.63, 3.8) is 0 Å². The second-order valence-corrected chi connectivity index (χ2v) is 11.0. The summed E-state index contributed by atoms with van der Waals surface area (Å²) in [4.78, 5) is 37.3. The monoisotopic (exact) mass is 515 g/mol. The van der Waals surface area contributed by atoms with Gasteiger partial charge in [-0.15, -0.1) is 0 Å². The Morgan fingerprint density at radius 3 is 2.28 bits per heavy atom. The van der Waals surface area contributed by atoms with Gasteiger partial charge in [-0.3, -0.25) is 19.6 Å². The van der Waals surface area contributed by atoms with Crippen LogP contribution in [0.5, 0.6) is 0 Å². The lowest BCUT2D eigenvalue weighted by atomic mass is 10.1. The van der Waals surface area contributed by atoms with Crippen molar-refractivity contribution in [1.82, 2.24) is 4.57 Å². The van der Waals surface area contributed by atoms with Crippen molar-refractivity contribution < 1.29 is 32.3 Å². The van der Waals surface area contributed by atoms with Crippen molar-refractivity contribution in [2.24, 2.45) is 0 Å². The van der Waals surface area contributed by atoms with Gasteiger partial charge < -0.3 is 14.0 Å². The quantitative estimate of drug-likeness (QED) is 0.337. The zero-order valence-electron chi connectivity index (χ0n) is 20.7. The molecule has 1 aromatic heterocycles. The molecule has 2 aromatic carbocycles. The van der Waals surface area contributed by atoms with E-state index in [2.05, 4.69) is 10.0 Å². The number of aromatic nitrogens is 1. The molecule has 36 heavy (non-hydrogen) atoms. The second-order valence-electron chi connectivity index (χ2n) is 9.29. The number of rotatable bonds is 8. The Morgan fingerprint density at radius 1 is 1.03 bits per heavy atom. The highest BCUT2D eigenvalue weighted by molar-refractivity contribution is 7.92. The van der Waals surface area contributed by atoms with E-state index in [4.69, 9.17) is 9.47 Å². The summed E-state index contributed by atoms with van der Waals surface area (Å²) in [6.07, 6.45) is 1.65. The third kappa shape index (κ3) is 7.32. The number of ether oxygens (including phenoxy) is 2. The predicted molar refractivity (Wildman–Crippen MR) is 137 cm³/mol. The summed E-state index contributed by atoms with van der Waals surface area (Å²) in [7, 11) is -3.73. The molecule has 0 saturated carbocycles. The number of carbonyl (C=O) groups excluding carboxylic acids is 3. The third-order valence-corrected chi connectivity index (χ3v) is 5.45. The van der Waals surface area contributed by atoms with E-state index in [1.807, 2.05) is 18.2 Å². The van der Waals surface area contributed by atoms with Crippen molar-refractivity contribution in [1.29, 1.82) is 0 Å². The number of benzene rings is 2. The number of carbonyl (C=O) groups is 3. The Bertz CT molecular complexity index is 1400. The van der Waals surface area contributed by atoms with Crippen molar-refractivity contribution in [3.8, 4) is 0 Å². The Hall–Kier alpha value is -3.86. The number of hydrogen-bond donors (Lipinski definition) is 2. The van der Waals surface area contributed by atoms with E-state index < -0.39 is 27.7 Å². The number of nitrogens with zero attached hydrogens (tertiary/aromatic N) is 1. The van der Waals surface area contributed by atoms with E-state index in [0.717, 1.165) is 11.8 Å². The van der Waals surface area contributed by atoms with E-state index in [0.29, 0.717) is 10.9 Å². The summed E-state index contributed by atoms with van der Waals surface area (Å²) < 4.78 is 38.5. The molecule has 11 heteroatoms. The molecule has 0 radical (unpaired) electrons. The van der Waals surface area contributed by atoms with Gasteiger partial charge in [0.1, 0.15) is 18.8 Å². The number of hydrogen-bond acceptors (Lipinski definition) is 7. The average molecular weight is 516 g/mol. The highest BCUT2D eigenvalue weighted by Crippen LogP contribution is 2.33. The van der Waals surface area contributed by atoms with Crippen LogP contribution in [-0.2, 0) is 37.4 Å². The molecule has 0 fully saturated rings. The average Bonchev–Trinajstić information content (AvgIpc) is 3.08. The van der Waals surface area contributed by atoms with Gasteiger partial charge in [0.15, 0.2) is 5.78 Å². The fourth-order valence-corrected chi connectivity index (χ4v) is 4.09. The lowest BCUT2D eigenvalue weighted by Gasteiger charge is -2.20. The Morgan fingerprint density at radius 2 is 1.69 bits per heavy atom. The van der Waals surface area contributed by atoms with Crippen LogP contribution in [0, 0.1) is 0 Å². The molecule has 0 saturated heterocycles. The van der Waals surface area contributed by atoms with Crippen LogP contribution in [0.2, 0.25) is 0 Å². The van der Waals surface area contributed by atoms with Gasteiger partial charge in [0.05, 0.1) is 23.1 Å². The summed E-state index contributed by atoms with van der Waals surface area (Å²) in [6, 6.07) is 12.0. The lowest BCUT2D eigenvalue weighted by molar-refractivity contribution is -0.155. The van der Waals surface area contributed by atoms with Crippen LogP contribution >= 0.6 is 0 Å². The van der Waals surface area contributed by atoms with Crippen LogP contribution in [0.4, 0.5) is 16.2 Å². The summed E-state index contributed by atoms with van der Waals surface area (Å²) in [5.41, 5.74) is 0.899. The Balaban J connectivity index is 2.01. The number of fused-ring (bicyclic) bond motifs is 1. The number of sulfonamides is 1. The number of amides is 1. The van der Waals surface area contributed by atoms with Gasteiger partial charge in [-0.05, 0) is 45.4 Å². The summed E-state index contributed by atoms with van der Waals surface area (Å²) in [5.74, 6) is -0.805. The van der Waals surface area contributed by atoms with E-state index in [9.17, 15) is 22.8 Å². The smallest absolute Gasteiger partial charge is 0.412 e. The second kappa shape index (κ2) is 10.4. The number of anilines is 2. The van der Waals surface area contributed by atoms with E-state index in [-0.39, 0.29) is 35.9 Å². The summed E-state index contributed by atoms with van der Waals surface area (Å²) in [5, 5.41) is 2.95. The molecule has 0 atom stereocenters. The minimum atomic E-state index is -3.73. The number of nitrogens with one attached hydrogen (secondary N) is 2. The fraction of sp³-hybridized carbons (Fsp3) is 0.320. The van der Waals surface area contributed by atoms with Crippen LogP contribution in [0.25, 0.3) is 10.9 Å². The van der Waals surface area contributed by atoms with Crippen LogP contribution in [0.3, 0.4) is 0 Å². The highest BCUT2D eigenvalue weighted by Gasteiger charge is 2.22. The van der Waals surface area contributed by atoms with Crippen LogP contribution in [0.1, 0.15) is 43.6 Å². The largest absolute Gasteiger partial charge is 0.459 e. The third-order valence-electron chi connectivity index (χ3n) is 4.86. The van der Waals surface area contributed by atoms with E-state index >= 15 is 0 Å². The number of ketones is 1. The maximum absolute atomic E-state index is 12.5. The molecule has 0 bridgehead atoms. The van der Waals surface area contributed by atoms with Gasteiger partial charge in [-0.25, -0.2) is 13.2 Å². The molecule has 0 aliphatic heterocycles. The van der Waals surface area contributed by atoms with Crippen molar-refractivity contribution >= 4 is 50.1 Å². The van der Waals surface area contributed by atoms with Crippen LogP contribution < -0.4 is 10.0 Å². The van der Waals surface area contributed by atoms with Gasteiger partial charge in [-0.2, -0.15) is 0 Å². The molecular formula is C25H29N3O7S. The van der Waals surface area contributed by atoms with Gasteiger partial charge in [0.2, 0.25) is 10.0 Å². The zero-order chi connectivity index (χ0) is 26.7. The van der Waals surface area contributed by atoms with Gasteiger partial charge in [-0.1, -0.05) is 30.3 Å². The molecule has 0 unspecified atom stereocenters. The first-order chi connectivity index (χ1) is 16.7. The highest BCUT2D eigenvalue weighted by atomic mass is 32.2.